The van der Waals surface area contributed by atoms with Gasteiger partial charge < -0.3 is 0 Å². The first-order valence-electron chi connectivity index (χ1n) is 12.9. The molecule has 0 bridgehead atoms. The molecular formula is C27H44FNO. The third-order valence-corrected chi connectivity index (χ3v) is 10.4. The van der Waals surface area contributed by atoms with Gasteiger partial charge in [0, 0.05) is 0 Å². The summed E-state index contributed by atoms with van der Waals surface area (Å²) in [4.78, 5) is 11.1. The highest BCUT2D eigenvalue weighted by molar-refractivity contribution is 5.28. The number of rotatable bonds is 6. The lowest BCUT2D eigenvalue weighted by Gasteiger charge is -2.59. The van der Waals surface area contributed by atoms with Gasteiger partial charge in [0.2, 0.25) is 0 Å². The van der Waals surface area contributed by atoms with Crippen LogP contribution in [0.1, 0.15) is 98.8 Å². The Morgan fingerprint density at radius 1 is 1.10 bits per heavy atom. The molecule has 3 saturated carbocycles. The van der Waals surface area contributed by atoms with E-state index in [0.29, 0.717) is 17.8 Å². The largest absolute Gasteiger partial charge is 0.245 e. The van der Waals surface area contributed by atoms with Crippen LogP contribution in [0.5, 0.6) is 0 Å². The minimum Gasteiger partial charge on any atom is -0.245 e. The summed E-state index contributed by atoms with van der Waals surface area (Å²) in [6, 6.07) is -0.749. The summed E-state index contributed by atoms with van der Waals surface area (Å²) in [5.41, 5.74) is 1.78. The lowest BCUT2D eigenvalue weighted by Crippen LogP contribution is -2.52. The number of alkyl halides is 1. The molecular weight excluding hydrogens is 373 g/mol. The number of fused-ring (bicyclic) bond motifs is 5. The fraction of sp³-hybridized carbons (Fsp3) is 0.926. The van der Waals surface area contributed by atoms with Gasteiger partial charge in [0.25, 0.3) is 0 Å². The van der Waals surface area contributed by atoms with Crippen LogP contribution in [0.15, 0.2) is 16.8 Å². The molecule has 0 N–H and O–H groups in total. The predicted molar refractivity (Wildman–Crippen MR) is 123 cm³/mol. The number of nitrogens with zero attached hydrogens (tertiary/aromatic N) is 1. The summed E-state index contributed by atoms with van der Waals surface area (Å²) in [7, 11) is 0. The van der Waals surface area contributed by atoms with Gasteiger partial charge in [-0.15, -0.1) is 0 Å². The molecule has 0 amide bonds. The molecule has 3 fully saturated rings. The maximum Gasteiger partial charge on any atom is 0.141 e. The van der Waals surface area contributed by atoms with Crippen LogP contribution in [-0.2, 0) is 0 Å². The van der Waals surface area contributed by atoms with Gasteiger partial charge >= 0.3 is 0 Å². The minimum absolute atomic E-state index is 0.0498. The van der Waals surface area contributed by atoms with E-state index in [-0.39, 0.29) is 5.41 Å². The highest BCUT2D eigenvalue weighted by Crippen LogP contribution is 2.68. The van der Waals surface area contributed by atoms with E-state index in [0.717, 1.165) is 36.0 Å². The van der Waals surface area contributed by atoms with Crippen LogP contribution in [0.3, 0.4) is 0 Å². The summed E-state index contributed by atoms with van der Waals surface area (Å²) in [6.45, 7) is 12.1. The number of halogens is 1. The van der Waals surface area contributed by atoms with Crippen LogP contribution in [0.25, 0.3) is 0 Å². The number of hydrogen-bond acceptors (Lipinski definition) is 2. The molecule has 0 saturated heterocycles. The zero-order valence-electron chi connectivity index (χ0n) is 20.0. The smallest absolute Gasteiger partial charge is 0.141 e. The topological polar surface area (TPSA) is 29.4 Å². The molecule has 0 aromatic rings. The zero-order chi connectivity index (χ0) is 21.7. The third kappa shape index (κ3) is 3.60. The van der Waals surface area contributed by atoms with E-state index >= 15 is 0 Å². The van der Waals surface area contributed by atoms with E-state index in [2.05, 4.69) is 39.8 Å². The van der Waals surface area contributed by atoms with Crippen molar-refractivity contribution in [3.63, 3.8) is 0 Å². The van der Waals surface area contributed by atoms with Crippen molar-refractivity contribution < 1.29 is 4.39 Å². The summed E-state index contributed by atoms with van der Waals surface area (Å²) in [5.74, 6) is 4.66. The van der Waals surface area contributed by atoms with Crippen LogP contribution in [-0.4, -0.2) is 12.2 Å². The first-order chi connectivity index (χ1) is 14.2. The van der Waals surface area contributed by atoms with Crippen molar-refractivity contribution in [1.29, 1.82) is 0 Å². The summed E-state index contributed by atoms with van der Waals surface area (Å²) in [6.07, 6.45) is 13.1. The van der Waals surface area contributed by atoms with Crippen LogP contribution in [0, 0.1) is 51.2 Å². The molecule has 2 nitrogen and oxygen atoms in total. The minimum atomic E-state index is -1.10. The van der Waals surface area contributed by atoms with Crippen molar-refractivity contribution in [3.05, 3.63) is 16.6 Å². The molecule has 0 aromatic carbocycles. The monoisotopic (exact) mass is 417 g/mol. The van der Waals surface area contributed by atoms with Crippen molar-refractivity contribution in [1.82, 2.24) is 0 Å². The Morgan fingerprint density at radius 2 is 1.87 bits per heavy atom. The van der Waals surface area contributed by atoms with Crippen molar-refractivity contribution >= 4 is 0 Å². The second kappa shape index (κ2) is 8.32. The highest BCUT2D eigenvalue weighted by atomic mass is 19.1. The molecule has 30 heavy (non-hydrogen) atoms. The Hall–Kier alpha value is -0.730. The predicted octanol–water partition coefficient (Wildman–Crippen LogP) is 8.11. The average molecular weight is 418 g/mol. The van der Waals surface area contributed by atoms with Crippen molar-refractivity contribution in [2.45, 2.75) is 111 Å². The Bertz CT molecular complexity index is 674. The maximum atomic E-state index is 14.8. The standard InChI is InChI=1S/C27H44FNO/c1-17(2)7-6-8-18(3)21-11-12-22-20-10-9-19-15-25(29-30)24(28)16-27(19,5)23(20)13-14-26(21,22)4/h15,17-18,20-25H,6-14,16H2,1-5H3/t18-,20+,21-,22+,23+,24-,25?,26-,27+/m1/s1. The first-order valence-corrected chi connectivity index (χ1v) is 12.9. The Morgan fingerprint density at radius 3 is 2.57 bits per heavy atom. The first kappa shape index (κ1) is 22.5. The Balaban J connectivity index is 1.51. The van der Waals surface area contributed by atoms with Crippen molar-refractivity contribution in [3.8, 4) is 0 Å². The lowest BCUT2D eigenvalue weighted by molar-refractivity contribution is -0.0656. The van der Waals surface area contributed by atoms with Gasteiger partial charge in [-0.25, -0.2) is 4.39 Å². The van der Waals surface area contributed by atoms with Gasteiger partial charge in [-0.2, -0.15) is 4.91 Å². The molecule has 4 aliphatic rings. The normalized spacial score (nSPS) is 46.6. The van der Waals surface area contributed by atoms with E-state index in [1.54, 1.807) is 0 Å². The van der Waals surface area contributed by atoms with E-state index < -0.39 is 12.2 Å². The molecule has 4 aliphatic carbocycles. The van der Waals surface area contributed by atoms with Gasteiger partial charge in [0.1, 0.15) is 12.2 Å². The summed E-state index contributed by atoms with van der Waals surface area (Å²) in [5, 5.41) is 3.08. The van der Waals surface area contributed by atoms with Gasteiger partial charge in [0.15, 0.2) is 0 Å². The van der Waals surface area contributed by atoms with Gasteiger partial charge in [0.05, 0.1) is 0 Å². The van der Waals surface area contributed by atoms with Crippen LogP contribution >= 0.6 is 0 Å². The molecule has 0 aromatic heterocycles. The van der Waals surface area contributed by atoms with Crippen LogP contribution in [0.4, 0.5) is 4.39 Å². The van der Waals surface area contributed by atoms with E-state index in [1.807, 2.05) is 6.08 Å². The molecule has 3 heteroatoms. The van der Waals surface area contributed by atoms with E-state index in [4.69, 9.17) is 0 Å². The number of hydrogen-bond donors (Lipinski definition) is 0. The number of allylic oxidation sites excluding steroid dienone is 1. The lowest BCUT2D eigenvalue weighted by atomic mass is 9.46. The molecule has 0 radical (unpaired) electrons. The molecule has 9 atom stereocenters. The third-order valence-electron chi connectivity index (χ3n) is 10.4. The van der Waals surface area contributed by atoms with Gasteiger partial charge in [-0.1, -0.05) is 70.7 Å². The summed E-state index contributed by atoms with van der Waals surface area (Å²) < 4.78 is 14.8. The molecule has 1 unspecified atom stereocenters. The second-order valence-electron chi connectivity index (χ2n) is 12.4. The Kier molecular flexibility index (Phi) is 6.23. The van der Waals surface area contributed by atoms with Crippen LogP contribution in [0.2, 0.25) is 0 Å². The van der Waals surface area contributed by atoms with Gasteiger partial charge in [-0.05, 0) is 91.3 Å². The summed E-state index contributed by atoms with van der Waals surface area (Å²) >= 11 is 0. The fourth-order valence-electron chi connectivity index (χ4n) is 8.84. The number of nitroso groups, excluding NO2 is 1. The SMILES string of the molecule is CC(C)CCC[C@@H](C)[C@H]1CC[C@H]2[C@@H]3CCC4=CC(N=O)[C@H](F)C[C@]4(C)[C@H]3CC[C@]12C. The molecule has 4 rings (SSSR count). The fourth-order valence-corrected chi connectivity index (χ4v) is 8.84. The highest BCUT2D eigenvalue weighted by Gasteiger charge is 2.60. The van der Waals surface area contributed by atoms with Crippen molar-refractivity contribution in [2.24, 2.45) is 51.5 Å². The molecule has 0 aliphatic heterocycles. The van der Waals surface area contributed by atoms with Crippen LogP contribution < -0.4 is 0 Å². The second-order valence-corrected chi connectivity index (χ2v) is 12.4. The van der Waals surface area contributed by atoms with E-state index in [1.165, 1.54) is 56.9 Å². The molecule has 0 spiro atoms. The Labute approximate surface area is 183 Å². The zero-order valence-corrected chi connectivity index (χ0v) is 20.0. The van der Waals surface area contributed by atoms with Crippen molar-refractivity contribution in [2.75, 3.05) is 0 Å². The van der Waals surface area contributed by atoms with Gasteiger partial charge in [-0.3, -0.25) is 0 Å². The van der Waals surface area contributed by atoms with E-state index in [9.17, 15) is 9.30 Å². The molecule has 0 heterocycles. The quantitative estimate of drug-likeness (QED) is 0.317. The maximum absolute atomic E-state index is 14.8. The molecule has 170 valence electrons. The average Bonchev–Trinajstić information content (AvgIpc) is 3.04.